The molecule has 0 saturated heterocycles. The monoisotopic (exact) mass is 253 g/mol. The largest absolute Gasteiger partial charge is 1.00 e. The van der Waals surface area contributed by atoms with Crippen molar-refractivity contribution in [3.63, 3.8) is 0 Å². The standard InChI is InChI=1S/C12H15ClNO2.2Li/c1-8-7-9(13)5-6-10(8)14-11(15)16-12(2,3)4;;/h5-7H,1H2,2-4H3,(H,14,15);;/q-1;2*+1/p-1. The summed E-state index contributed by atoms with van der Waals surface area (Å²) >= 11 is 5.76. The van der Waals surface area contributed by atoms with Gasteiger partial charge in [-0.2, -0.15) is 18.2 Å². The molecule has 0 N–H and O–H groups in total. The molecule has 0 saturated carbocycles. The molecular formula is C12H14ClLi2NO2. The van der Waals surface area contributed by atoms with Crippen molar-refractivity contribution in [1.82, 2.24) is 0 Å². The van der Waals surface area contributed by atoms with Crippen molar-refractivity contribution in [2.24, 2.45) is 0 Å². The molecule has 0 heterocycles. The number of nitrogens with zero attached hydrogens (tertiary/aromatic N) is 1. The third kappa shape index (κ3) is 7.32. The van der Waals surface area contributed by atoms with Gasteiger partial charge < -0.3 is 10.1 Å². The maximum absolute atomic E-state index is 11.4. The Morgan fingerprint density at radius 3 is 2.39 bits per heavy atom. The van der Waals surface area contributed by atoms with Gasteiger partial charge in [0.05, 0.1) is 0 Å². The van der Waals surface area contributed by atoms with E-state index in [-0.39, 0.29) is 37.7 Å². The minimum atomic E-state index is -0.625. The molecule has 88 valence electrons. The first-order valence-corrected chi connectivity index (χ1v) is 5.22. The molecule has 0 aromatic heterocycles. The van der Waals surface area contributed by atoms with Gasteiger partial charge in [-0.1, -0.05) is 0 Å². The zero-order valence-corrected chi connectivity index (χ0v) is 12.3. The van der Waals surface area contributed by atoms with Crippen molar-refractivity contribution < 1.29 is 47.3 Å². The van der Waals surface area contributed by atoms with E-state index >= 15 is 0 Å². The fraction of sp³-hybridized carbons (Fsp3) is 0.333. The number of hydrogen-bond donors (Lipinski definition) is 0. The second-order valence-electron chi connectivity index (χ2n) is 4.37. The fourth-order valence-corrected chi connectivity index (χ4v) is 1.24. The van der Waals surface area contributed by atoms with Crippen LogP contribution in [0.2, 0.25) is 0 Å². The summed E-state index contributed by atoms with van der Waals surface area (Å²) in [5.74, 6) is 0. The Bertz CT molecular complexity index is 384. The fourth-order valence-electron chi connectivity index (χ4n) is 1.05. The van der Waals surface area contributed by atoms with Gasteiger partial charge in [0.15, 0.2) is 0 Å². The molecule has 1 rings (SSSR count). The Balaban J connectivity index is 0. The third-order valence-corrected chi connectivity index (χ3v) is 1.88. The van der Waals surface area contributed by atoms with Gasteiger partial charge in [-0.25, -0.2) is 5.70 Å². The first-order chi connectivity index (χ1) is 7.28. The van der Waals surface area contributed by atoms with Gasteiger partial charge >= 0.3 is 37.7 Å². The first-order valence-electron chi connectivity index (χ1n) is 4.84. The molecule has 1 amide bonds. The number of ether oxygens (including phenoxy) is 1. The van der Waals surface area contributed by atoms with Crippen molar-refractivity contribution in [3.8, 4) is 0 Å². The second-order valence-corrected chi connectivity index (χ2v) is 4.80. The van der Waals surface area contributed by atoms with Crippen LogP contribution in [0.4, 0.5) is 4.79 Å². The molecule has 18 heavy (non-hydrogen) atoms. The van der Waals surface area contributed by atoms with Gasteiger partial charge in [-0.05, 0) is 25.8 Å². The predicted molar refractivity (Wildman–Crippen MR) is 65.1 cm³/mol. The summed E-state index contributed by atoms with van der Waals surface area (Å²) in [6.07, 6.45) is 4.30. The van der Waals surface area contributed by atoms with Gasteiger partial charge in [0.25, 0.3) is 0 Å². The van der Waals surface area contributed by atoms with E-state index in [0.717, 1.165) is 0 Å². The zero-order valence-electron chi connectivity index (χ0n) is 11.6. The SMILES string of the molecule is C=C1[CH-]C(Cl)=CC=C1[N-]C(=O)OC(C)(C)C.[Li+].[Li+]. The number of amides is 1. The molecule has 0 spiro atoms. The van der Waals surface area contributed by atoms with Crippen LogP contribution in [0.15, 0.2) is 35.0 Å². The Kier molecular flexibility index (Phi) is 9.08. The Labute approximate surface area is 137 Å². The van der Waals surface area contributed by atoms with E-state index in [0.29, 0.717) is 16.3 Å². The number of halogens is 1. The van der Waals surface area contributed by atoms with Crippen LogP contribution in [-0.4, -0.2) is 11.7 Å². The van der Waals surface area contributed by atoms with Gasteiger partial charge in [-0.3, -0.25) is 4.79 Å². The normalized spacial score (nSPS) is 14.1. The molecular weight excluding hydrogens is 239 g/mol. The van der Waals surface area contributed by atoms with Crippen LogP contribution in [0.1, 0.15) is 20.8 Å². The minimum absolute atomic E-state index is 0. The topological polar surface area (TPSA) is 40.4 Å². The van der Waals surface area contributed by atoms with E-state index in [1.165, 1.54) is 0 Å². The van der Waals surface area contributed by atoms with Crippen LogP contribution in [0.3, 0.4) is 0 Å². The average Bonchev–Trinajstić information content (AvgIpc) is 2.06. The van der Waals surface area contributed by atoms with Gasteiger partial charge in [0.1, 0.15) is 5.60 Å². The molecule has 0 atom stereocenters. The molecule has 6 heteroatoms. The van der Waals surface area contributed by atoms with Gasteiger partial charge in [0, 0.05) is 0 Å². The summed E-state index contributed by atoms with van der Waals surface area (Å²) in [7, 11) is 0. The number of hydrogen-bond acceptors (Lipinski definition) is 2. The number of carbonyl (C=O) groups excluding carboxylic acids is 1. The summed E-state index contributed by atoms with van der Waals surface area (Å²) in [5.41, 5.74) is 0.519. The summed E-state index contributed by atoms with van der Waals surface area (Å²) in [4.78, 5) is 11.4. The van der Waals surface area contributed by atoms with Crippen LogP contribution in [0.5, 0.6) is 0 Å². The third-order valence-electron chi connectivity index (χ3n) is 1.65. The Morgan fingerprint density at radius 2 is 1.94 bits per heavy atom. The van der Waals surface area contributed by atoms with Crippen molar-refractivity contribution in [1.29, 1.82) is 0 Å². The summed E-state index contributed by atoms with van der Waals surface area (Å²) < 4.78 is 5.06. The van der Waals surface area contributed by atoms with Crippen molar-refractivity contribution >= 4 is 17.7 Å². The van der Waals surface area contributed by atoms with Crippen LogP contribution in [-0.2, 0) is 4.74 Å². The molecule has 0 aliphatic heterocycles. The molecule has 1 aliphatic carbocycles. The van der Waals surface area contributed by atoms with E-state index in [9.17, 15) is 4.79 Å². The van der Waals surface area contributed by atoms with Crippen molar-refractivity contribution in [3.05, 3.63) is 46.8 Å². The molecule has 0 fully saturated rings. The van der Waals surface area contributed by atoms with E-state index in [2.05, 4.69) is 11.9 Å². The molecule has 3 nitrogen and oxygen atoms in total. The summed E-state index contributed by atoms with van der Waals surface area (Å²) in [5, 5.41) is 4.37. The minimum Gasteiger partial charge on any atom is -0.635 e. The summed E-state index contributed by atoms with van der Waals surface area (Å²) in [6, 6.07) is 0. The smallest absolute Gasteiger partial charge is 0.635 e. The second kappa shape index (κ2) is 8.10. The molecule has 0 bridgehead atoms. The van der Waals surface area contributed by atoms with Crippen LogP contribution >= 0.6 is 11.6 Å². The van der Waals surface area contributed by atoms with E-state index < -0.39 is 11.7 Å². The maximum Gasteiger partial charge on any atom is 1.00 e. The number of allylic oxidation sites excluding steroid dienone is 4. The molecule has 0 aromatic rings. The number of carbonyl (C=O) groups is 1. The van der Waals surface area contributed by atoms with Crippen LogP contribution < -0.4 is 37.7 Å². The Morgan fingerprint density at radius 1 is 1.39 bits per heavy atom. The quantitative estimate of drug-likeness (QED) is 0.404. The molecule has 0 radical (unpaired) electrons. The maximum atomic E-state index is 11.4. The molecule has 0 unspecified atom stereocenters. The molecule has 0 aromatic carbocycles. The first kappa shape index (κ1) is 20.2. The van der Waals surface area contributed by atoms with Crippen molar-refractivity contribution in [2.75, 3.05) is 0 Å². The van der Waals surface area contributed by atoms with E-state index in [1.807, 2.05) is 0 Å². The summed E-state index contributed by atoms with van der Waals surface area (Å²) in [6.45, 7) is 9.10. The molecule has 1 aliphatic rings. The number of rotatable bonds is 1. The Hall–Kier alpha value is -0.155. The van der Waals surface area contributed by atoms with Crippen molar-refractivity contribution in [2.45, 2.75) is 26.4 Å². The van der Waals surface area contributed by atoms with E-state index in [1.54, 1.807) is 39.3 Å². The average molecular weight is 254 g/mol. The van der Waals surface area contributed by atoms with Gasteiger partial charge in [-0.15, -0.1) is 24.1 Å². The predicted octanol–water partition coefficient (Wildman–Crippen LogP) is -1.92. The van der Waals surface area contributed by atoms with Gasteiger partial charge in [0.2, 0.25) is 6.09 Å². The van der Waals surface area contributed by atoms with Crippen LogP contribution in [0, 0.1) is 6.42 Å². The van der Waals surface area contributed by atoms with Crippen LogP contribution in [0.25, 0.3) is 5.32 Å². The zero-order chi connectivity index (χ0) is 12.3. The van der Waals surface area contributed by atoms with E-state index in [4.69, 9.17) is 16.3 Å².